The van der Waals surface area contributed by atoms with Gasteiger partial charge < -0.3 is 19.6 Å². The van der Waals surface area contributed by atoms with E-state index in [1.165, 1.54) is 16.9 Å². The summed E-state index contributed by atoms with van der Waals surface area (Å²) < 4.78 is 31.0. The average Bonchev–Trinajstić information content (AvgIpc) is 2.95. The van der Waals surface area contributed by atoms with E-state index in [-0.39, 0.29) is 6.54 Å². The minimum absolute atomic E-state index is 0.00702. The van der Waals surface area contributed by atoms with Gasteiger partial charge in [0.25, 0.3) is 5.91 Å². The fraction of sp³-hybridized carbons (Fsp3) is 0.367. The maximum atomic E-state index is 14.7. The summed E-state index contributed by atoms with van der Waals surface area (Å²) in [4.78, 5) is 44.8. The molecule has 3 aromatic carbocycles. The highest BCUT2D eigenvalue weighted by Gasteiger charge is 2.49. The van der Waals surface area contributed by atoms with Crippen molar-refractivity contribution in [3.8, 4) is 5.75 Å². The van der Waals surface area contributed by atoms with E-state index in [9.17, 15) is 27.9 Å². The standard InChI is InChI=1S/C30H34BrN3O7S/c1-18-27(34(29(37)38)30(2,3)4)28(36)32(16-22-21-13-12-20(31)15-19(21)11-14-25(22)41-5)23-9-7-8-10-24(23)33(18)26(35)17-42(6,39)40/h7-15,18,27H,16-17H2,1-6H3,(H,37,38)/t18-,27-/m0/s1. The zero-order chi connectivity index (χ0) is 31.1. The number of carbonyl (C=O) groups is 3. The number of anilines is 2. The first-order chi connectivity index (χ1) is 19.5. The van der Waals surface area contributed by atoms with Crippen molar-refractivity contribution < 1.29 is 32.6 Å². The van der Waals surface area contributed by atoms with Gasteiger partial charge in [-0.15, -0.1) is 0 Å². The van der Waals surface area contributed by atoms with Crippen LogP contribution >= 0.6 is 15.9 Å². The summed E-state index contributed by atoms with van der Waals surface area (Å²) in [6.45, 7) is 6.56. The third-order valence-electron chi connectivity index (χ3n) is 7.26. The number of benzene rings is 3. The molecule has 224 valence electrons. The number of carbonyl (C=O) groups excluding carboxylic acids is 2. The van der Waals surface area contributed by atoms with Gasteiger partial charge in [0, 0.05) is 21.8 Å². The van der Waals surface area contributed by atoms with Crippen LogP contribution < -0.4 is 14.5 Å². The first kappa shape index (κ1) is 31.3. The number of para-hydroxylation sites is 2. The molecule has 0 aromatic heterocycles. The minimum Gasteiger partial charge on any atom is -0.496 e. The Bertz CT molecular complexity index is 1670. The number of rotatable bonds is 6. The molecule has 4 rings (SSSR count). The monoisotopic (exact) mass is 659 g/mol. The molecular formula is C30H34BrN3O7S. The second kappa shape index (κ2) is 11.6. The highest BCUT2D eigenvalue weighted by molar-refractivity contribution is 9.10. The van der Waals surface area contributed by atoms with Gasteiger partial charge in [0.05, 0.1) is 31.1 Å². The average molecular weight is 661 g/mol. The van der Waals surface area contributed by atoms with E-state index in [1.54, 1.807) is 58.0 Å². The number of methoxy groups -OCH3 is 1. The van der Waals surface area contributed by atoms with E-state index in [0.29, 0.717) is 22.7 Å². The molecule has 0 spiro atoms. The maximum absolute atomic E-state index is 14.7. The molecule has 1 aliphatic rings. The topological polar surface area (TPSA) is 125 Å². The molecule has 1 heterocycles. The summed E-state index contributed by atoms with van der Waals surface area (Å²) in [6, 6.07) is 13.7. The Morgan fingerprint density at radius 3 is 2.29 bits per heavy atom. The Morgan fingerprint density at radius 2 is 1.71 bits per heavy atom. The van der Waals surface area contributed by atoms with Crippen LogP contribution in [0.5, 0.6) is 5.75 Å². The molecule has 0 saturated heterocycles. The lowest BCUT2D eigenvalue weighted by Gasteiger charge is -2.43. The van der Waals surface area contributed by atoms with Crippen LogP contribution in [0.3, 0.4) is 0 Å². The molecule has 12 heteroatoms. The van der Waals surface area contributed by atoms with Crippen molar-refractivity contribution in [3.63, 3.8) is 0 Å². The van der Waals surface area contributed by atoms with Gasteiger partial charge in [0.2, 0.25) is 5.91 Å². The molecule has 0 aliphatic carbocycles. The molecule has 2 atom stereocenters. The van der Waals surface area contributed by atoms with E-state index in [2.05, 4.69) is 15.9 Å². The van der Waals surface area contributed by atoms with Crippen LogP contribution in [0.2, 0.25) is 0 Å². The lowest BCUT2D eigenvalue weighted by atomic mass is 9.97. The van der Waals surface area contributed by atoms with Gasteiger partial charge in [-0.05, 0) is 68.8 Å². The van der Waals surface area contributed by atoms with Crippen molar-refractivity contribution >= 4 is 65.8 Å². The van der Waals surface area contributed by atoms with Crippen molar-refractivity contribution in [2.75, 3.05) is 28.9 Å². The molecule has 0 saturated carbocycles. The molecular weight excluding hydrogens is 626 g/mol. The normalized spacial score (nSPS) is 17.5. The highest BCUT2D eigenvalue weighted by atomic mass is 79.9. The number of sulfone groups is 1. The largest absolute Gasteiger partial charge is 0.496 e. The Labute approximate surface area is 253 Å². The SMILES string of the molecule is COc1ccc2cc(Br)ccc2c1CN1C(=O)[C@@H](N(C(=O)O)C(C)(C)C)[C@H](C)N(C(=O)CS(C)(=O)=O)c2ccccc21. The van der Waals surface area contributed by atoms with Crippen molar-refractivity contribution in [1.29, 1.82) is 0 Å². The van der Waals surface area contributed by atoms with Crippen LogP contribution in [0.4, 0.5) is 16.2 Å². The highest BCUT2D eigenvalue weighted by Crippen LogP contribution is 2.40. The van der Waals surface area contributed by atoms with Crippen LogP contribution in [0, 0.1) is 0 Å². The number of hydrogen-bond donors (Lipinski definition) is 1. The zero-order valence-corrected chi connectivity index (χ0v) is 26.7. The second-order valence-electron chi connectivity index (χ2n) is 11.4. The first-order valence-electron chi connectivity index (χ1n) is 13.2. The van der Waals surface area contributed by atoms with E-state index >= 15 is 0 Å². The zero-order valence-electron chi connectivity index (χ0n) is 24.3. The lowest BCUT2D eigenvalue weighted by Crippen LogP contribution is -2.64. The molecule has 1 N–H and O–H groups in total. The molecule has 0 radical (unpaired) electrons. The van der Waals surface area contributed by atoms with Gasteiger partial charge in [0.15, 0.2) is 9.84 Å². The summed E-state index contributed by atoms with van der Waals surface area (Å²) in [5.74, 6) is -1.59. The van der Waals surface area contributed by atoms with Crippen molar-refractivity contribution in [2.24, 2.45) is 0 Å². The van der Waals surface area contributed by atoms with Gasteiger partial charge in [-0.25, -0.2) is 13.2 Å². The fourth-order valence-electron chi connectivity index (χ4n) is 5.57. The van der Waals surface area contributed by atoms with Gasteiger partial charge in [-0.2, -0.15) is 0 Å². The lowest BCUT2D eigenvalue weighted by molar-refractivity contribution is -0.126. The smallest absolute Gasteiger partial charge is 0.408 e. The van der Waals surface area contributed by atoms with E-state index in [0.717, 1.165) is 26.4 Å². The van der Waals surface area contributed by atoms with Gasteiger partial charge in [0.1, 0.15) is 17.5 Å². The number of nitrogens with zero attached hydrogens (tertiary/aromatic N) is 3. The Morgan fingerprint density at radius 1 is 1.07 bits per heavy atom. The third-order valence-corrected chi connectivity index (χ3v) is 8.53. The molecule has 0 fully saturated rings. The molecule has 10 nitrogen and oxygen atoms in total. The predicted octanol–water partition coefficient (Wildman–Crippen LogP) is 5.07. The summed E-state index contributed by atoms with van der Waals surface area (Å²) in [6.07, 6.45) is -0.389. The van der Waals surface area contributed by atoms with Crippen LogP contribution in [0.15, 0.2) is 59.1 Å². The third kappa shape index (κ3) is 6.10. The number of fused-ring (bicyclic) bond motifs is 2. The molecule has 0 unspecified atom stereocenters. The summed E-state index contributed by atoms with van der Waals surface area (Å²) in [5, 5.41) is 12.1. The number of amides is 3. The van der Waals surface area contributed by atoms with Crippen molar-refractivity contribution in [1.82, 2.24) is 4.90 Å². The number of ether oxygens (including phenoxy) is 1. The van der Waals surface area contributed by atoms with Gasteiger partial charge in [-0.3, -0.25) is 14.5 Å². The van der Waals surface area contributed by atoms with Crippen molar-refractivity contribution in [3.05, 3.63) is 64.6 Å². The molecule has 42 heavy (non-hydrogen) atoms. The Balaban J connectivity index is 2.01. The van der Waals surface area contributed by atoms with Gasteiger partial charge in [-0.1, -0.05) is 40.2 Å². The maximum Gasteiger partial charge on any atom is 0.408 e. The molecule has 0 bridgehead atoms. The van der Waals surface area contributed by atoms with E-state index in [4.69, 9.17) is 4.74 Å². The Kier molecular flexibility index (Phi) is 8.62. The number of halogens is 1. The number of carboxylic acid groups (broad SMARTS) is 1. The van der Waals surface area contributed by atoms with E-state index < -0.39 is 51.1 Å². The quantitative estimate of drug-likeness (QED) is 0.392. The predicted molar refractivity (Wildman–Crippen MR) is 166 cm³/mol. The molecule has 3 aromatic rings. The van der Waals surface area contributed by atoms with E-state index in [1.807, 2.05) is 24.3 Å². The summed E-state index contributed by atoms with van der Waals surface area (Å²) >= 11 is 3.50. The minimum atomic E-state index is -3.75. The van der Waals surface area contributed by atoms with Crippen LogP contribution in [-0.2, 0) is 26.0 Å². The van der Waals surface area contributed by atoms with Crippen LogP contribution in [0.1, 0.15) is 33.3 Å². The second-order valence-corrected chi connectivity index (χ2v) is 14.4. The van der Waals surface area contributed by atoms with Crippen LogP contribution in [-0.4, -0.2) is 73.1 Å². The molecule has 3 amide bonds. The molecule has 1 aliphatic heterocycles. The first-order valence-corrected chi connectivity index (χ1v) is 16.1. The van der Waals surface area contributed by atoms with Gasteiger partial charge >= 0.3 is 6.09 Å². The fourth-order valence-corrected chi connectivity index (χ4v) is 6.53. The summed E-state index contributed by atoms with van der Waals surface area (Å²) in [5.41, 5.74) is 0.285. The number of hydrogen-bond acceptors (Lipinski definition) is 6. The summed E-state index contributed by atoms with van der Waals surface area (Å²) in [7, 11) is -2.21. The van der Waals surface area contributed by atoms with Crippen LogP contribution in [0.25, 0.3) is 10.8 Å². The van der Waals surface area contributed by atoms with Crippen molar-refractivity contribution in [2.45, 2.75) is 51.9 Å². The Hall–Kier alpha value is -3.64.